The number of ether oxygens (including phenoxy) is 3. The number of nitrogens with zero attached hydrogens (tertiary/aromatic N) is 1. The molecule has 1 aliphatic rings. The van der Waals surface area contributed by atoms with Gasteiger partial charge in [0.25, 0.3) is 11.1 Å². The van der Waals surface area contributed by atoms with Crippen molar-refractivity contribution in [2.75, 3.05) is 20.3 Å². The highest BCUT2D eigenvalue weighted by Crippen LogP contribution is 2.34. The molecule has 1 saturated heterocycles. The summed E-state index contributed by atoms with van der Waals surface area (Å²) in [6.07, 6.45) is 1.69. The van der Waals surface area contributed by atoms with Crippen LogP contribution in [0.25, 0.3) is 6.08 Å². The van der Waals surface area contributed by atoms with E-state index in [1.165, 1.54) is 4.90 Å². The van der Waals surface area contributed by atoms with Crippen LogP contribution in [0.3, 0.4) is 0 Å². The van der Waals surface area contributed by atoms with Crippen LogP contribution in [0, 0.1) is 10.5 Å². The summed E-state index contributed by atoms with van der Waals surface area (Å²) in [4.78, 5) is 26.8. The Morgan fingerprint density at radius 1 is 0.971 bits per heavy atom. The number of thioether (sulfide) groups is 1. The highest BCUT2D eigenvalue weighted by molar-refractivity contribution is 14.1. The number of amides is 2. The molecule has 0 N–H and O–H groups in total. The van der Waals surface area contributed by atoms with Gasteiger partial charge in [-0.1, -0.05) is 30.3 Å². The SMILES string of the molecule is COc1cc(/C=C2\SC(=O)N(CCOc3cccc(C)c3)C2=O)ccc1OCc1ccc(I)cc1. The van der Waals surface area contributed by atoms with Gasteiger partial charge in [-0.2, -0.15) is 0 Å². The molecule has 35 heavy (non-hydrogen) atoms. The molecule has 0 unspecified atom stereocenters. The molecule has 0 bridgehead atoms. The number of rotatable bonds is 9. The van der Waals surface area contributed by atoms with Gasteiger partial charge >= 0.3 is 0 Å². The first-order valence-corrected chi connectivity index (χ1v) is 12.8. The summed E-state index contributed by atoms with van der Waals surface area (Å²) in [5.41, 5.74) is 2.87. The molecule has 8 heteroatoms. The minimum atomic E-state index is -0.328. The Bertz CT molecular complexity index is 1260. The molecule has 180 valence electrons. The van der Waals surface area contributed by atoms with Gasteiger partial charge in [0.15, 0.2) is 11.5 Å². The van der Waals surface area contributed by atoms with Gasteiger partial charge < -0.3 is 14.2 Å². The molecule has 0 spiro atoms. The second-order valence-electron chi connectivity index (χ2n) is 7.82. The van der Waals surface area contributed by atoms with E-state index >= 15 is 0 Å². The standard InChI is InChI=1S/C27H24INO5S/c1-18-4-3-5-22(14-18)33-13-12-29-26(30)25(35-27(29)31)16-20-8-11-23(24(15-20)32-2)34-17-19-6-9-21(28)10-7-19/h3-11,14-16H,12-13,17H2,1-2H3/b25-16-. The molecule has 0 aliphatic carbocycles. The fourth-order valence-corrected chi connectivity index (χ4v) is 4.66. The van der Waals surface area contributed by atoms with Crippen molar-refractivity contribution in [2.45, 2.75) is 13.5 Å². The van der Waals surface area contributed by atoms with E-state index in [0.717, 1.165) is 32.0 Å². The highest BCUT2D eigenvalue weighted by Gasteiger charge is 2.34. The van der Waals surface area contributed by atoms with Crippen LogP contribution < -0.4 is 14.2 Å². The van der Waals surface area contributed by atoms with Crippen LogP contribution >= 0.6 is 34.4 Å². The highest BCUT2D eigenvalue weighted by atomic mass is 127. The van der Waals surface area contributed by atoms with E-state index in [1.807, 2.05) is 61.5 Å². The third-order valence-electron chi connectivity index (χ3n) is 5.24. The lowest BCUT2D eigenvalue weighted by Gasteiger charge is -2.13. The van der Waals surface area contributed by atoms with Crippen molar-refractivity contribution in [1.29, 1.82) is 0 Å². The van der Waals surface area contributed by atoms with E-state index in [2.05, 4.69) is 22.6 Å². The Kier molecular flexibility index (Phi) is 8.35. The minimum absolute atomic E-state index is 0.185. The second-order valence-corrected chi connectivity index (χ2v) is 10.1. The Hall–Kier alpha value is -2.98. The van der Waals surface area contributed by atoms with Crippen molar-refractivity contribution in [3.63, 3.8) is 0 Å². The van der Waals surface area contributed by atoms with Gasteiger partial charge in [0.05, 0.1) is 18.6 Å². The van der Waals surface area contributed by atoms with Crippen LogP contribution in [0.1, 0.15) is 16.7 Å². The zero-order chi connectivity index (χ0) is 24.8. The number of halogens is 1. The molecule has 0 radical (unpaired) electrons. The summed E-state index contributed by atoms with van der Waals surface area (Å²) in [7, 11) is 1.57. The largest absolute Gasteiger partial charge is 0.493 e. The van der Waals surface area contributed by atoms with Crippen molar-refractivity contribution in [3.8, 4) is 17.2 Å². The zero-order valence-electron chi connectivity index (χ0n) is 19.3. The van der Waals surface area contributed by atoms with E-state index in [9.17, 15) is 9.59 Å². The number of hydrogen-bond acceptors (Lipinski definition) is 6. The number of imide groups is 1. The maximum Gasteiger partial charge on any atom is 0.293 e. The van der Waals surface area contributed by atoms with E-state index in [4.69, 9.17) is 14.2 Å². The zero-order valence-corrected chi connectivity index (χ0v) is 22.3. The van der Waals surface area contributed by atoms with Crippen molar-refractivity contribution < 1.29 is 23.8 Å². The molecule has 1 fully saturated rings. The first-order valence-electron chi connectivity index (χ1n) is 10.9. The summed E-state index contributed by atoms with van der Waals surface area (Å²) < 4.78 is 18.3. The summed E-state index contributed by atoms with van der Waals surface area (Å²) in [6, 6.07) is 21.2. The first kappa shape index (κ1) is 25.1. The Balaban J connectivity index is 1.39. The number of hydrogen-bond donors (Lipinski definition) is 0. The van der Waals surface area contributed by atoms with Crippen LogP contribution in [0.2, 0.25) is 0 Å². The van der Waals surface area contributed by atoms with Crippen LogP contribution in [-0.2, 0) is 11.4 Å². The summed E-state index contributed by atoms with van der Waals surface area (Å²) >= 11 is 3.18. The maximum atomic E-state index is 12.8. The van der Waals surface area contributed by atoms with E-state index in [-0.39, 0.29) is 24.3 Å². The molecule has 6 nitrogen and oxygen atoms in total. The fourth-order valence-electron chi connectivity index (χ4n) is 3.44. The van der Waals surface area contributed by atoms with Crippen molar-refractivity contribution in [2.24, 2.45) is 0 Å². The molecule has 3 aromatic carbocycles. The summed E-state index contributed by atoms with van der Waals surface area (Å²) in [5, 5.41) is -0.307. The van der Waals surface area contributed by atoms with Crippen molar-refractivity contribution in [1.82, 2.24) is 4.90 Å². The van der Waals surface area contributed by atoms with E-state index in [0.29, 0.717) is 28.8 Å². The topological polar surface area (TPSA) is 65.1 Å². The number of methoxy groups -OCH3 is 1. The van der Waals surface area contributed by atoms with Crippen LogP contribution in [-0.4, -0.2) is 36.3 Å². The van der Waals surface area contributed by atoms with Gasteiger partial charge in [-0.25, -0.2) is 0 Å². The maximum absolute atomic E-state index is 12.8. The lowest BCUT2D eigenvalue weighted by atomic mass is 10.1. The van der Waals surface area contributed by atoms with Crippen LogP contribution in [0.4, 0.5) is 4.79 Å². The monoisotopic (exact) mass is 601 g/mol. The molecule has 2 amide bonds. The second kappa shape index (κ2) is 11.6. The fraction of sp³-hybridized carbons (Fsp3) is 0.185. The van der Waals surface area contributed by atoms with Crippen molar-refractivity contribution in [3.05, 3.63) is 91.9 Å². The predicted octanol–water partition coefficient (Wildman–Crippen LogP) is 6.30. The van der Waals surface area contributed by atoms with Gasteiger partial charge in [-0.15, -0.1) is 0 Å². The smallest absolute Gasteiger partial charge is 0.293 e. The van der Waals surface area contributed by atoms with Gasteiger partial charge in [0, 0.05) is 3.57 Å². The molecule has 0 atom stereocenters. The van der Waals surface area contributed by atoms with Crippen LogP contribution in [0.5, 0.6) is 17.2 Å². The third kappa shape index (κ3) is 6.58. The number of carbonyl (C=O) groups excluding carboxylic acids is 2. The van der Waals surface area contributed by atoms with Gasteiger partial charge in [0.2, 0.25) is 0 Å². The molecular weight excluding hydrogens is 577 g/mol. The normalized spacial score (nSPS) is 14.5. The average Bonchev–Trinajstić information content (AvgIpc) is 3.11. The molecule has 1 aliphatic heterocycles. The lowest BCUT2D eigenvalue weighted by Crippen LogP contribution is -2.32. The molecule has 4 rings (SSSR count). The molecule has 3 aromatic rings. The van der Waals surface area contributed by atoms with Gasteiger partial charge in [-0.3, -0.25) is 14.5 Å². The van der Waals surface area contributed by atoms with Gasteiger partial charge in [-0.05, 0) is 100 Å². The van der Waals surface area contributed by atoms with Gasteiger partial charge in [0.1, 0.15) is 19.0 Å². The minimum Gasteiger partial charge on any atom is -0.493 e. The summed E-state index contributed by atoms with van der Waals surface area (Å²) in [5.74, 6) is 1.54. The first-order chi connectivity index (χ1) is 16.9. The Morgan fingerprint density at radius 2 is 1.77 bits per heavy atom. The Morgan fingerprint density at radius 3 is 2.51 bits per heavy atom. The molecule has 0 aromatic heterocycles. The predicted molar refractivity (Wildman–Crippen MR) is 146 cm³/mol. The Labute approximate surface area is 222 Å². The molecule has 0 saturated carbocycles. The van der Waals surface area contributed by atoms with E-state index < -0.39 is 0 Å². The number of carbonyl (C=O) groups is 2. The average molecular weight is 601 g/mol. The third-order valence-corrected chi connectivity index (χ3v) is 6.87. The molecule has 1 heterocycles. The van der Waals surface area contributed by atoms with E-state index in [1.54, 1.807) is 25.3 Å². The quantitative estimate of drug-likeness (QED) is 0.212. The molecular formula is C27H24INO5S. The lowest BCUT2D eigenvalue weighted by molar-refractivity contribution is -0.123. The summed E-state index contributed by atoms with van der Waals surface area (Å²) in [6.45, 7) is 2.81. The van der Waals surface area contributed by atoms with Crippen LogP contribution in [0.15, 0.2) is 71.6 Å². The van der Waals surface area contributed by atoms with Crippen molar-refractivity contribution >= 4 is 51.6 Å². The number of aryl methyl sites for hydroxylation is 1. The number of benzene rings is 3.